The van der Waals surface area contributed by atoms with Crippen LogP contribution in [0.4, 0.5) is 0 Å². The number of aromatic nitrogens is 4. The first-order valence-corrected chi connectivity index (χ1v) is 10.2. The summed E-state index contributed by atoms with van der Waals surface area (Å²) in [7, 11) is 0. The van der Waals surface area contributed by atoms with E-state index in [-0.39, 0.29) is 5.78 Å². The molecule has 8 bridgehead atoms. The molecule has 6 rings (SSSR count). The Bertz CT molecular complexity index is 1720. The van der Waals surface area contributed by atoms with Crippen molar-refractivity contribution in [2.45, 2.75) is 6.92 Å². The summed E-state index contributed by atoms with van der Waals surface area (Å²) in [5.74, 6) is 0.00675. The second-order valence-corrected chi connectivity index (χ2v) is 7.89. The SMILES string of the molecule is CC(=O)C1=c2ccc([nH]2)=Cc2[nH]c(c3ccccc23)C=c2ccc([nH]2)=Cc2ccc1[nH]2. The number of carbonyl (C=O) groups is 1. The molecule has 4 N–H and O–H groups in total. The summed E-state index contributed by atoms with van der Waals surface area (Å²) in [5, 5.41) is 6.04. The molecule has 150 valence electrons. The van der Waals surface area contributed by atoms with Gasteiger partial charge in [0.15, 0.2) is 5.78 Å². The lowest BCUT2D eigenvalue weighted by molar-refractivity contribution is -0.111. The molecule has 1 aromatic carbocycles. The molecule has 5 heterocycles. The van der Waals surface area contributed by atoms with Crippen molar-refractivity contribution >= 4 is 40.4 Å². The van der Waals surface area contributed by atoms with Crippen molar-refractivity contribution in [1.29, 1.82) is 0 Å². The molecule has 0 saturated heterocycles. The van der Waals surface area contributed by atoms with Gasteiger partial charge in [-0.05, 0) is 61.5 Å². The number of H-pyrrole nitrogens is 4. The van der Waals surface area contributed by atoms with Gasteiger partial charge in [-0.15, -0.1) is 0 Å². The topological polar surface area (TPSA) is 80.2 Å². The molecule has 0 amide bonds. The maximum atomic E-state index is 12.5. The van der Waals surface area contributed by atoms with Gasteiger partial charge in [-0.1, -0.05) is 24.3 Å². The van der Waals surface area contributed by atoms with Gasteiger partial charge < -0.3 is 19.9 Å². The van der Waals surface area contributed by atoms with E-state index in [1.54, 1.807) is 6.92 Å². The van der Waals surface area contributed by atoms with Gasteiger partial charge in [0.25, 0.3) is 0 Å². The number of aromatic amines is 4. The number of fused-ring (bicyclic) bond motifs is 11. The monoisotopic (exact) mass is 404 g/mol. The lowest BCUT2D eigenvalue weighted by Gasteiger charge is -1.99. The average molecular weight is 404 g/mol. The van der Waals surface area contributed by atoms with E-state index in [2.05, 4.69) is 62.4 Å². The van der Waals surface area contributed by atoms with Crippen LogP contribution in [0.2, 0.25) is 0 Å². The van der Waals surface area contributed by atoms with E-state index in [4.69, 9.17) is 0 Å². The van der Waals surface area contributed by atoms with Gasteiger partial charge in [0.2, 0.25) is 0 Å². The molecule has 1 aliphatic heterocycles. The molecule has 0 radical (unpaired) electrons. The van der Waals surface area contributed by atoms with E-state index in [0.29, 0.717) is 5.57 Å². The molecule has 5 aromatic rings. The molecule has 0 saturated carbocycles. The smallest absolute Gasteiger partial charge is 0.163 e. The van der Waals surface area contributed by atoms with Crippen LogP contribution < -0.4 is 21.4 Å². The van der Waals surface area contributed by atoms with Crippen LogP contribution in [0.25, 0.3) is 34.6 Å². The van der Waals surface area contributed by atoms with Crippen LogP contribution in [0.5, 0.6) is 0 Å². The zero-order chi connectivity index (χ0) is 20.9. The number of hydrogen-bond donors (Lipinski definition) is 4. The van der Waals surface area contributed by atoms with E-state index >= 15 is 0 Å². The van der Waals surface area contributed by atoms with Crippen LogP contribution in [0.15, 0.2) is 60.7 Å². The molecule has 0 unspecified atom stereocenters. The Hall–Kier alpha value is -4.25. The minimum Gasteiger partial charge on any atom is -0.355 e. The molecule has 0 fully saturated rings. The van der Waals surface area contributed by atoms with Gasteiger partial charge in [0.1, 0.15) is 0 Å². The summed E-state index contributed by atoms with van der Waals surface area (Å²) in [6.45, 7) is 1.60. The molecule has 5 nitrogen and oxygen atoms in total. The number of Topliss-reactive ketones (excluding diaryl/α,β-unsaturated/α-hetero) is 1. The van der Waals surface area contributed by atoms with Crippen LogP contribution >= 0.6 is 0 Å². The highest BCUT2D eigenvalue weighted by Crippen LogP contribution is 2.23. The summed E-state index contributed by atoms with van der Waals surface area (Å²) < 4.78 is 0. The van der Waals surface area contributed by atoms with Crippen LogP contribution in [0, 0.1) is 0 Å². The minimum atomic E-state index is 0.00675. The summed E-state index contributed by atoms with van der Waals surface area (Å²) in [4.78, 5) is 26.3. The maximum absolute atomic E-state index is 12.5. The molecule has 0 spiro atoms. The first kappa shape index (κ1) is 17.6. The number of carbonyl (C=O) groups excluding carboxylic acids is 1. The molecular weight excluding hydrogens is 384 g/mol. The summed E-state index contributed by atoms with van der Waals surface area (Å²) in [6.07, 6.45) is 6.25. The maximum Gasteiger partial charge on any atom is 0.163 e. The summed E-state index contributed by atoms with van der Waals surface area (Å²) in [5.41, 5.74) is 4.44. The Kier molecular flexibility index (Phi) is 3.77. The van der Waals surface area contributed by atoms with Crippen molar-refractivity contribution < 1.29 is 4.79 Å². The largest absolute Gasteiger partial charge is 0.355 e. The van der Waals surface area contributed by atoms with Crippen LogP contribution in [-0.4, -0.2) is 25.7 Å². The Balaban J connectivity index is 1.74. The highest BCUT2D eigenvalue weighted by Gasteiger charge is 2.12. The number of rotatable bonds is 1. The molecule has 0 aliphatic carbocycles. The fourth-order valence-corrected chi connectivity index (χ4v) is 4.35. The number of hydrogen-bond acceptors (Lipinski definition) is 1. The quantitative estimate of drug-likeness (QED) is 0.337. The van der Waals surface area contributed by atoms with E-state index < -0.39 is 0 Å². The normalized spacial score (nSPS) is 12.9. The third kappa shape index (κ3) is 2.99. The molecule has 0 atom stereocenters. The molecule has 4 aromatic heterocycles. The van der Waals surface area contributed by atoms with Gasteiger partial charge in [0, 0.05) is 43.9 Å². The van der Waals surface area contributed by atoms with Crippen LogP contribution in [-0.2, 0) is 4.79 Å². The van der Waals surface area contributed by atoms with E-state index in [0.717, 1.165) is 54.9 Å². The number of nitrogens with one attached hydrogen (secondary N) is 4. The fraction of sp³-hybridized carbons (Fsp3) is 0.0385. The molecular formula is C26H20N4O. The predicted molar refractivity (Wildman–Crippen MR) is 123 cm³/mol. The number of ketones is 1. The van der Waals surface area contributed by atoms with Crippen molar-refractivity contribution in [3.63, 3.8) is 0 Å². The predicted octanol–water partition coefficient (Wildman–Crippen LogP) is 1.74. The van der Waals surface area contributed by atoms with Crippen molar-refractivity contribution in [2.24, 2.45) is 0 Å². The second kappa shape index (κ2) is 6.64. The first-order valence-electron chi connectivity index (χ1n) is 10.2. The Morgan fingerprint density at radius 3 is 2.00 bits per heavy atom. The van der Waals surface area contributed by atoms with E-state index in [1.165, 1.54) is 0 Å². The average Bonchev–Trinajstić information content (AvgIpc) is 3.53. The Morgan fingerprint density at radius 1 is 0.645 bits per heavy atom. The highest BCUT2D eigenvalue weighted by atomic mass is 16.1. The molecule has 1 aliphatic rings. The first-order chi connectivity index (χ1) is 15.1. The third-order valence-electron chi connectivity index (χ3n) is 5.73. The Morgan fingerprint density at radius 2 is 1.29 bits per heavy atom. The third-order valence-corrected chi connectivity index (χ3v) is 5.73. The Labute approximate surface area is 177 Å². The van der Waals surface area contributed by atoms with Crippen molar-refractivity contribution in [1.82, 2.24) is 19.9 Å². The lowest BCUT2D eigenvalue weighted by atomic mass is 10.1. The van der Waals surface area contributed by atoms with Crippen molar-refractivity contribution in [3.05, 3.63) is 105 Å². The lowest BCUT2D eigenvalue weighted by Crippen LogP contribution is -2.17. The van der Waals surface area contributed by atoms with Crippen LogP contribution in [0.3, 0.4) is 0 Å². The zero-order valence-corrected chi connectivity index (χ0v) is 16.9. The van der Waals surface area contributed by atoms with Crippen molar-refractivity contribution in [3.8, 4) is 0 Å². The van der Waals surface area contributed by atoms with Gasteiger partial charge in [-0.3, -0.25) is 4.79 Å². The van der Waals surface area contributed by atoms with Gasteiger partial charge in [-0.2, -0.15) is 0 Å². The zero-order valence-electron chi connectivity index (χ0n) is 16.9. The minimum absolute atomic E-state index is 0.00675. The van der Waals surface area contributed by atoms with Gasteiger partial charge in [0.05, 0.1) is 16.6 Å². The molecule has 31 heavy (non-hydrogen) atoms. The summed E-state index contributed by atoms with van der Waals surface area (Å²) >= 11 is 0. The highest BCUT2D eigenvalue weighted by molar-refractivity contribution is 6.18. The fourth-order valence-electron chi connectivity index (χ4n) is 4.35. The summed E-state index contributed by atoms with van der Waals surface area (Å²) in [6, 6.07) is 20.4. The van der Waals surface area contributed by atoms with Gasteiger partial charge >= 0.3 is 0 Å². The van der Waals surface area contributed by atoms with E-state index in [9.17, 15) is 4.79 Å². The second-order valence-electron chi connectivity index (χ2n) is 7.89. The van der Waals surface area contributed by atoms with E-state index in [1.807, 2.05) is 36.4 Å². The van der Waals surface area contributed by atoms with Crippen LogP contribution in [0.1, 0.15) is 29.7 Å². The number of benzene rings is 1. The van der Waals surface area contributed by atoms with Crippen molar-refractivity contribution in [2.75, 3.05) is 0 Å². The van der Waals surface area contributed by atoms with Gasteiger partial charge in [-0.25, -0.2) is 0 Å². The standard InChI is InChI=1S/C26H20N4O/c1-15(31)26-22-10-8-17(28-22)12-16-6-7-18(27-16)13-24-20-4-2-3-5-21(20)25(30-24)14-19-9-11-23(26)29-19/h2-14,27-30H,1H3. The molecule has 5 heteroatoms.